The van der Waals surface area contributed by atoms with Crippen LogP contribution < -0.4 is 38.9 Å². The third-order valence-electron chi connectivity index (χ3n) is 8.53. The summed E-state index contributed by atoms with van der Waals surface area (Å²) in [6, 6.07) is -3.09. The predicted molar refractivity (Wildman–Crippen MR) is 185 cm³/mol. The molecule has 0 saturated carbocycles. The number of rotatable bonds is 26. The van der Waals surface area contributed by atoms with Crippen molar-refractivity contribution < 1.29 is 19.2 Å². The third kappa shape index (κ3) is 17.7. The van der Waals surface area contributed by atoms with Gasteiger partial charge in [0.2, 0.25) is 23.6 Å². The Labute approximate surface area is 277 Å². The Morgan fingerprint density at radius 1 is 0.826 bits per heavy atom. The van der Waals surface area contributed by atoms with Crippen LogP contribution in [0.5, 0.6) is 0 Å². The van der Waals surface area contributed by atoms with E-state index in [1.807, 2.05) is 0 Å². The quantitative estimate of drug-likeness (QED) is 0.0414. The monoisotopic (exact) mass is 652 g/mol. The molecule has 1 fully saturated rings. The van der Waals surface area contributed by atoms with Gasteiger partial charge in [-0.25, -0.2) is 0 Å². The van der Waals surface area contributed by atoms with Gasteiger partial charge in [-0.15, -0.1) is 0 Å². The SMILES string of the molecule is CCCCCCCCCCCCCNC(=O)[C@H](CCCCN)NC(=O)[C@H](C)NC(=O)[C@@H]1CCCN1C(=O)[C@@H](N)CCCN=C(N)N. The fourth-order valence-electron chi connectivity index (χ4n) is 5.72. The molecular formula is C33H65N9O4. The second-order valence-corrected chi connectivity index (χ2v) is 12.6. The molecule has 0 spiro atoms. The average Bonchev–Trinajstić information content (AvgIpc) is 3.52. The van der Waals surface area contributed by atoms with Gasteiger partial charge in [0.25, 0.3) is 0 Å². The van der Waals surface area contributed by atoms with Crippen molar-refractivity contribution >= 4 is 29.6 Å². The molecule has 11 N–H and O–H groups in total. The molecule has 1 rings (SSSR count). The Bertz CT molecular complexity index is 914. The van der Waals surface area contributed by atoms with Crippen LogP contribution in [0.2, 0.25) is 0 Å². The van der Waals surface area contributed by atoms with Crippen LogP contribution in [0.4, 0.5) is 0 Å². The summed E-state index contributed by atoms with van der Waals surface area (Å²) >= 11 is 0. The molecule has 266 valence electrons. The molecule has 46 heavy (non-hydrogen) atoms. The highest BCUT2D eigenvalue weighted by Gasteiger charge is 2.37. The molecule has 4 atom stereocenters. The van der Waals surface area contributed by atoms with E-state index in [9.17, 15) is 19.2 Å². The molecule has 13 heteroatoms. The number of hydrogen-bond acceptors (Lipinski definition) is 7. The number of aliphatic imine (C=N–C) groups is 1. The molecule has 4 amide bonds. The minimum absolute atomic E-state index is 0.0172. The first-order valence-corrected chi connectivity index (χ1v) is 17.8. The van der Waals surface area contributed by atoms with Gasteiger partial charge in [0.15, 0.2) is 5.96 Å². The highest BCUT2D eigenvalue weighted by Crippen LogP contribution is 2.19. The molecule has 0 radical (unpaired) electrons. The van der Waals surface area contributed by atoms with Crippen molar-refractivity contribution in [1.82, 2.24) is 20.9 Å². The second kappa shape index (κ2) is 25.2. The fourth-order valence-corrected chi connectivity index (χ4v) is 5.72. The zero-order valence-electron chi connectivity index (χ0n) is 28.7. The van der Waals surface area contributed by atoms with Crippen molar-refractivity contribution in [3.8, 4) is 0 Å². The number of hydrogen-bond donors (Lipinski definition) is 7. The number of nitrogens with two attached hydrogens (primary N) is 4. The maximum atomic E-state index is 13.1. The lowest BCUT2D eigenvalue weighted by Crippen LogP contribution is -2.56. The van der Waals surface area contributed by atoms with Gasteiger partial charge >= 0.3 is 0 Å². The molecule has 1 aliphatic heterocycles. The standard InChI is InChI=1S/C33H65N9O4/c1-3-4-5-6-7-8-9-10-11-12-15-22-38-30(44)27(19-13-14-21-34)41-29(43)25(2)40-31(45)28-20-17-24-42(28)32(46)26(35)18-16-23-39-33(36)37/h25-28H,3-24,34-35H2,1-2H3,(H,38,44)(H,40,45)(H,41,43)(H4,36,37,39)/t25-,26-,27-,28-/m0/s1. The summed E-state index contributed by atoms with van der Waals surface area (Å²) in [4.78, 5) is 57.6. The number of nitrogens with zero attached hydrogens (tertiary/aromatic N) is 2. The van der Waals surface area contributed by atoms with E-state index < -0.39 is 36.0 Å². The van der Waals surface area contributed by atoms with Crippen LogP contribution in [0.1, 0.15) is 129 Å². The summed E-state index contributed by atoms with van der Waals surface area (Å²) in [5, 5.41) is 8.53. The lowest BCUT2D eigenvalue weighted by molar-refractivity contribution is -0.140. The van der Waals surface area contributed by atoms with Crippen molar-refractivity contribution in [1.29, 1.82) is 0 Å². The normalized spacial score (nSPS) is 16.3. The molecule has 0 aliphatic carbocycles. The van der Waals surface area contributed by atoms with Gasteiger partial charge in [0, 0.05) is 19.6 Å². The molecule has 13 nitrogen and oxygen atoms in total. The lowest BCUT2D eigenvalue weighted by atomic mass is 10.1. The maximum absolute atomic E-state index is 13.1. The third-order valence-corrected chi connectivity index (χ3v) is 8.53. The van der Waals surface area contributed by atoms with Gasteiger partial charge in [-0.2, -0.15) is 0 Å². The van der Waals surface area contributed by atoms with Crippen LogP contribution in [0.3, 0.4) is 0 Å². The van der Waals surface area contributed by atoms with E-state index in [1.54, 1.807) is 6.92 Å². The van der Waals surface area contributed by atoms with Gasteiger partial charge in [0.05, 0.1) is 6.04 Å². The number of likely N-dealkylation sites (tertiary alicyclic amines) is 1. The van der Waals surface area contributed by atoms with Crippen molar-refractivity contribution in [2.24, 2.45) is 27.9 Å². The lowest BCUT2D eigenvalue weighted by Gasteiger charge is -2.28. The summed E-state index contributed by atoms with van der Waals surface area (Å²) in [6.07, 6.45) is 17.5. The Hall–Kier alpha value is -2.93. The minimum atomic E-state index is -0.894. The first-order valence-electron chi connectivity index (χ1n) is 17.8. The number of amides is 4. The van der Waals surface area contributed by atoms with E-state index in [1.165, 1.54) is 56.3 Å². The number of unbranched alkanes of at least 4 members (excludes halogenated alkanes) is 11. The van der Waals surface area contributed by atoms with Crippen LogP contribution in [-0.4, -0.2) is 84.8 Å². The summed E-state index contributed by atoms with van der Waals surface area (Å²) in [6.45, 7) is 5.66. The molecule has 1 saturated heterocycles. The molecule has 1 heterocycles. The van der Waals surface area contributed by atoms with E-state index in [4.69, 9.17) is 22.9 Å². The van der Waals surface area contributed by atoms with Crippen LogP contribution in [0.15, 0.2) is 4.99 Å². The van der Waals surface area contributed by atoms with E-state index in [0.717, 1.165) is 25.7 Å². The molecular weight excluding hydrogens is 586 g/mol. The van der Waals surface area contributed by atoms with Crippen molar-refractivity contribution in [2.45, 2.75) is 154 Å². The second-order valence-electron chi connectivity index (χ2n) is 12.6. The highest BCUT2D eigenvalue weighted by molar-refractivity contribution is 5.94. The van der Waals surface area contributed by atoms with Crippen LogP contribution >= 0.6 is 0 Å². The summed E-state index contributed by atoms with van der Waals surface area (Å²) in [5.74, 6) is -1.42. The van der Waals surface area contributed by atoms with Gasteiger partial charge in [-0.05, 0) is 64.8 Å². The first kappa shape index (κ1) is 41.1. The summed E-state index contributed by atoms with van der Waals surface area (Å²) < 4.78 is 0. The van der Waals surface area contributed by atoms with Crippen LogP contribution in [0, 0.1) is 0 Å². The topological polar surface area (TPSA) is 224 Å². The predicted octanol–water partition coefficient (Wildman–Crippen LogP) is 1.90. The Morgan fingerprint density at radius 3 is 2.07 bits per heavy atom. The van der Waals surface area contributed by atoms with E-state index in [0.29, 0.717) is 64.7 Å². The minimum Gasteiger partial charge on any atom is -0.370 e. The molecule has 0 bridgehead atoms. The molecule has 0 aromatic carbocycles. The molecule has 1 aliphatic rings. The highest BCUT2D eigenvalue weighted by atomic mass is 16.2. The number of guanidine groups is 1. The smallest absolute Gasteiger partial charge is 0.243 e. The number of carbonyl (C=O) groups is 4. The Morgan fingerprint density at radius 2 is 1.46 bits per heavy atom. The first-order chi connectivity index (χ1) is 22.1. The van der Waals surface area contributed by atoms with Gasteiger partial charge in [-0.1, -0.05) is 71.1 Å². The molecule has 0 unspecified atom stereocenters. The van der Waals surface area contributed by atoms with E-state index in [-0.39, 0.29) is 17.8 Å². The average molecular weight is 652 g/mol. The van der Waals surface area contributed by atoms with Gasteiger partial charge < -0.3 is 43.8 Å². The van der Waals surface area contributed by atoms with Gasteiger partial charge in [-0.3, -0.25) is 24.2 Å². The molecule has 0 aromatic heterocycles. The number of carbonyl (C=O) groups excluding carboxylic acids is 4. The van der Waals surface area contributed by atoms with E-state index in [2.05, 4.69) is 27.9 Å². The maximum Gasteiger partial charge on any atom is 0.243 e. The molecule has 0 aromatic rings. The van der Waals surface area contributed by atoms with E-state index >= 15 is 0 Å². The zero-order chi connectivity index (χ0) is 34.2. The van der Waals surface area contributed by atoms with Crippen molar-refractivity contribution in [2.75, 3.05) is 26.2 Å². The zero-order valence-corrected chi connectivity index (χ0v) is 28.7. The summed E-state index contributed by atoms with van der Waals surface area (Å²) in [7, 11) is 0. The Kier molecular flexibility index (Phi) is 22.5. The fraction of sp³-hybridized carbons (Fsp3) is 0.848. The largest absolute Gasteiger partial charge is 0.370 e. The van der Waals surface area contributed by atoms with Crippen molar-refractivity contribution in [3.05, 3.63) is 0 Å². The van der Waals surface area contributed by atoms with Crippen LogP contribution in [-0.2, 0) is 19.2 Å². The van der Waals surface area contributed by atoms with Gasteiger partial charge in [0.1, 0.15) is 18.1 Å². The summed E-state index contributed by atoms with van der Waals surface area (Å²) in [5.41, 5.74) is 22.4. The number of nitrogens with one attached hydrogen (secondary N) is 3. The van der Waals surface area contributed by atoms with Crippen LogP contribution in [0.25, 0.3) is 0 Å². The Balaban J connectivity index is 2.50. The van der Waals surface area contributed by atoms with Crippen molar-refractivity contribution in [3.63, 3.8) is 0 Å².